The van der Waals surface area contributed by atoms with Crippen molar-refractivity contribution in [2.75, 3.05) is 26.9 Å². The maximum absolute atomic E-state index is 12.3. The summed E-state index contributed by atoms with van der Waals surface area (Å²) in [5.74, 6) is 0.466. The molecule has 4 nitrogen and oxygen atoms in total. The quantitative estimate of drug-likeness (QED) is 0.730. The van der Waals surface area contributed by atoms with Crippen molar-refractivity contribution in [2.24, 2.45) is 0 Å². The van der Waals surface area contributed by atoms with Gasteiger partial charge in [0.1, 0.15) is 5.60 Å². The van der Waals surface area contributed by atoms with Crippen molar-refractivity contribution in [3.05, 3.63) is 11.8 Å². The average molecular weight is 226 g/mol. The Morgan fingerprint density at radius 1 is 1.38 bits per heavy atom. The first-order chi connectivity index (χ1) is 7.78. The van der Waals surface area contributed by atoms with Crippen molar-refractivity contribution < 1.29 is 19.0 Å². The number of Topliss-reactive ketones (excluding diaryl/α,β-unsaturated/α-hetero) is 1. The zero-order chi connectivity index (χ0) is 11.4. The van der Waals surface area contributed by atoms with Gasteiger partial charge >= 0.3 is 0 Å². The normalized spacial score (nSPS) is 24.4. The van der Waals surface area contributed by atoms with Crippen LogP contribution in [0.1, 0.15) is 25.7 Å². The maximum Gasteiger partial charge on any atom is 0.228 e. The molecular formula is C12H18O4. The molecule has 0 N–H and O–H groups in total. The third-order valence-corrected chi connectivity index (χ3v) is 3.26. The summed E-state index contributed by atoms with van der Waals surface area (Å²) >= 11 is 0. The molecule has 0 radical (unpaired) electrons. The summed E-state index contributed by atoms with van der Waals surface area (Å²) in [6, 6.07) is 0. The molecule has 1 saturated heterocycles. The van der Waals surface area contributed by atoms with E-state index < -0.39 is 5.60 Å². The third kappa shape index (κ3) is 2.13. The topological polar surface area (TPSA) is 44.8 Å². The van der Waals surface area contributed by atoms with Crippen LogP contribution in [0.15, 0.2) is 11.8 Å². The second-order valence-electron chi connectivity index (χ2n) is 4.20. The van der Waals surface area contributed by atoms with Gasteiger partial charge in [-0.25, -0.2) is 0 Å². The van der Waals surface area contributed by atoms with Crippen molar-refractivity contribution in [2.45, 2.75) is 31.3 Å². The highest BCUT2D eigenvalue weighted by Crippen LogP contribution is 2.29. The molecule has 0 unspecified atom stereocenters. The summed E-state index contributed by atoms with van der Waals surface area (Å²) in [6.07, 6.45) is 5.01. The molecule has 4 heteroatoms. The van der Waals surface area contributed by atoms with Gasteiger partial charge < -0.3 is 14.2 Å². The van der Waals surface area contributed by atoms with Crippen LogP contribution < -0.4 is 0 Å². The second-order valence-corrected chi connectivity index (χ2v) is 4.20. The lowest BCUT2D eigenvalue weighted by atomic mass is 9.87. The van der Waals surface area contributed by atoms with Gasteiger partial charge in [-0.05, 0) is 18.9 Å². The summed E-state index contributed by atoms with van der Waals surface area (Å²) in [7, 11) is 1.59. The lowest BCUT2D eigenvalue weighted by Crippen LogP contribution is -2.47. The van der Waals surface area contributed by atoms with E-state index >= 15 is 0 Å². The number of carbonyl (C=O) groups excluding carboxylic acids is 1. The minimum Gasteiger partial charge on any atom is -0.490 e. The average Bonchev–Trinajstić information content (AvgIpc) is 2.39. The first-order valence-corrected chi connectivity index (χ1v) is 5.79. The molecule has 2 aliphatic heterocycles. The van der Waals surface area contributed by atoms with Crippen molar-refractivity contribution in [3.63, 3.8) is 0 Å². The fourth-order valence-corrected chi connectivity index (χ4v) is 2.17. The summed E-state index contributed by atoms with van der Waals surface area (Å²) < 4.78 is 16.1. The predicted molar refractivity (Wildman–Crippen MR) is 58.1 cm³/mol. The fourth-order valence-electron chi connectivity index (χ4n) is 2.17. The van der Waals surface area contributed by atoms with Crippen molar-refractivity contribution in [3.8, 4) is 0 Å². The van der Waals surface area contributed by atoms with Crippen LogP contribution in [0.3, 0.4) is 0 Å². The van der Waals surface area contributed by atoms with E-state index in [1.54, 1.807) is 7.11 Å². The van der Waals surface area contributed by atoms with Crippen LogP contribution in [0.2, 0.25) is 0 Å². The van der Waals surface area contributed by atoms with E-state index in [2.05, 4.69) is 0 Å². The van der Waals surface area contributed by atoms with Gasteiger partial charge in [0.05, 0.1) is 6.61 Å². The van der Waals surface area contributed by atoms with E-state index in [4.69, 9.17) is 14.2 Å². The number of hydrogen-bond acceptors (Lipinski definition) is 4. The maximum atomic E-state index is 12.3. The number of methoxy groups -OCH3 is 1. The SMILES string of the molecule is COC1(C(=O)C2=CCCCO2)CCOCC1. The fraction of sp³-hybridized carbons (Fsp3) is 0.750. The molecule has 0 atom stereocenters. The lowest BCUT2D eigenvalue weighted by molar-refractivity contribution is -0.152. The Morgan fingerprint density at radius 2 is 2.12 bits per heavy atom. The Labute approximate surface area is 95.6 Å². The molecule has 0 aromatic rings. The minimum atomic E-state index is -0.721. The van der Waals surface area contributed by atoms with E-state index in [-0.39, 0.29) is 5.78 Å². The lowest BCUT2D eigenvalue weighted by Gasteiger charge is -2.35. The van der Waals surface area contributed by atoms with Gasteiger partial charge in [0.25, 0.3) is 0 Å². The van der Waals surface area contributed by atoms with Crippen LogP contribution in [-0.4, -0.2) is 38.3 Å². The number of carbonyl (C=O) groups is 1. The summed E-state index contributed by atoms with van der Waals surface area (Å²) in [5.41, 5.74) is -0.721. The van der Waals surface area contributed by atoms with Crippen LogP contribution in [0.25, 0.3) is 0 Å². The highest BCUT2D eigenvalue weighted by Gasteiger charge is 2.42. The monoisotopic (exact) mass is 226 g/mol. The van der Waals surface area contributed by atoms with Crippen LogP contribution in [-0.2, 0) is 19.0 Å². The molecule has 0 spiro atoms. The first kappa shape index (κ1) is 11.6. The van der Waals surface area contributed by atoms with Gasteiger partial charge in [-0.3, -0.25) is 4.79 Å². The van der Waals surface area contributed by atoms with Crippen LogP contribution in [0, 0.1) is 0 Å². The Bertz CT molecular complexity index is 289. The molecule has 0 bridgehead atoms. The Hall–Kier alpha value is -0.870. The number of rotatable bonds is 3. The van der Waals surface area contributed by atoms with E-state index in [0.717, 1.165) is 12.8 Å². The van der Waals surface area contributed by atoms with Gasteiger partial charge in [0.2, 0.25) is 5.78 Å². The highest BCUT2D eigenvalue weighted by atomic mass is 16.5. The molecule has 2 aliphatic rings. The standard InChI is InChI=1S/C12H18O4/c1-14-12(5-8-15-9-6-12)11(13)10-4-2-3-7-16-10/h4H,2-3,5-9H2,1H3. The van der Waals surface area contributed by atoms with E-state index in [1.165, 1.54) is 0 Å². The highest BCUT2D eigenvalue weighted by molar-refractivity contribution is 6.00. The smallest absolute Gasteiger partial charge is 0.228 e. The van der Waals surface area contributed by atoms with Crippen LogP contribution >= 0.6 is 0 Å². The zero-order valence-corrected chi connectivity index (χ0v) is 9.66. The molecular weight excluding hydrogens is 208 g/mol. The molecule has 90 valence electrons. The number of allylic oxidation sites excluding steroid dienone is 1. The number of ketones is 1. The number of hydrogen-bond donors (Lipinski definition) is 0. The van der Waals surface area contributed by atoms with E-state index in [0.29, 0.717) is 38.4 Å². The number of ether oxygens (including phenoxy) is 3. The van der Waals surface area contributed by atoms with Gasteiger partial charge in [0, 0.05) is 33.2 Å². The predicted octanol–water partition coefficient (Wildman–Crippen LogP) is 1.45. The third-order valence-electron chi connectivity index (χ3n) is 3.26. The summed E-state index contributed by atoms with van der Waals surface area (Å²) in [5, 5.41) is 0. The van der Waals surface area contributed by atoms with Crippen LogP contribution in [0.4, 0.5) is 0 Å². The molecule has 1 fully saturated rings. The zero-order valence-electron chi connectivity index (χ0n) is 9.66. The Balaban J connectivity index is 2.13. The summed E-state index contributed by atoms with van der Waals surface area (Å²) in [6.45, 7) is 1.79. The van der Waals surface area contributed by atoms with Gasteiger partial charge in [-0.15, -0.1) is 0 Å². The van der Waals surface area contributed by atoms with Crippen molar-refractivity contribution in [1.82, 2.24) is 0 Å². The Morgan fingerprint density at radius 3 is 2.69 bits per heavy atom. The first-order valence-electron chi connectivity index (χ1n) is 5.79. The van der Waals surface area contributed by atoms with Crippen LogP contribution in [0.5, 0.6) is 0 Å². The second kappa shape index (κ2) is 4.97. The van der Waals surface area contributed by atoms with Crippen molar-refractivity contribution >= 4 is 5.78 Å². The largest absolute Gasteiger partial charge is 0.490 e. The minimum absolute atomic E-state index is 0.0157. The van der Waals surface area contributed by atoms with E-state index in [1.807, 2.05) is 6.08 Å². The summed E-state index contributed by atoms with van der Waals surface area (Å²) in [4.78, 5) is 12.3. The molecule has 0 aliphatic carbocycles. The molecule has 0 aromatic heterocycles. The van der Waals surface area contributed by atoms with Gasteiger partial charge in [-0.2, -0.15) is 0 Å². The molecule has 2 rings (SSSR count). The molecule has 0 aromatic carbocycles. The Kier molecular flexibility index (Phi) is 3.61. The molecule has 16 heavy (non-hydrogen) atoms. The van der Waals surface area contributed by atoms with Crippen molar-refractivity contribution in [1.29, 1.82) is 0 Å². The molecule has 0 amide bonds. The van der Waals surface area contributed by atoms with Gasteiger partial charge in [0.15, 0.2) is 5.76 Å². The van der Waals surface area contributed by atoms with E-state index in [9.17, 15) is 4.79 Å². The molecule has 2 heterocycles. The van der Waals surface area contributed by atoms with Gasteiger partial charge in [-0.1, -0.05) is 0 Å². The molecule has 0 saturated carbocycles.